The predicted octanol–water partition coefficient (Wildman–Crippen LogP) is 4.29. The number of amides is 3. The van der Waals surface area contributed by atoms with Crippen molar-refractivity contribution < 1.29 is 23.9 Å². The highest BCUT2D eigenvalue weighted by atomic mass is 35.5. The van der Waals surface area contributed by atoms with E-state index in [2.05, 4.69) is 10.6 Å². The summed E-state index contributed by atoms with van der Waals surface area (Å²) in [5, 5.41) is 5.80. The molecule has 1 heterocycles. The zero-order chi connectivity index (χ0) is 25.7. The number of imide groups is 1. The van der Waals surface area contributed by atoms with E-state index in [0.717, 1.165) is 36.1 Å². The number of esters is 1. The lowest BCUT2D eigenvalue weighted by molar-refractivity contribution is -0.122. The maximum atomic E-state index is 13.0. The predicted molar refractivity (Wildman–Crippen MR) is 137 cm³/mol. The molecule has 4 rings (SSSR count). The van der Waals surface area contributed by atoms with E-state index in [4.69, 9.17) is 16.3 Å². The van der Waals surface area contributed by atoms with E-state index in [1.54, 1.807) is 30.3 Å². The van der Waals surface area contributed by atoms with E-state index in [9.17, 15) is 19.2 Å². The van der Waals surface area contributed by atoms with Crippen molar-refractivity contribution in [2.24, 2.45) is 0 Å². The Labute approximate surface area is 214 Å². The molecule has 9 heteroatoms. The lowest BCUT2D eigenvalue weighted by Gasteiger charge is -2.16. The van der Waals surface area contributed by atoms with Crippen molar-refractivity contribution in [3.63, 3.8) is 0 Å². The topological polar surface area (TPSA) is 105 Å². The van der Waals surface area contributed by atoms with E-state index >= 15 is 0 Å². The van der Waals surface area contributed by atoms with Crippen molar-refractivity contribution in [3.05, 3.63) is 70.4 Å². The van der Waals surface area contributed by atoms with Crippen molar-refractivity contribution in [1.29, 1.82) is 0 Å². The fraction of sp³-hybridized carbons (Fsp3) is 0.333. The Kier molecular flexibility index (Phi) is 8.05. The second-order valence-corrected chi connectivity index (χ2v) is 9.31. The molecular formula is C27H28ClN3O5. The number of ether oxygens (including phenoxy) is 1. The molecule has 1 aliphatic carbocycles. The first-order chi connectivity index (χ1) is 17.4. The van der Waals surface area contributed by atoms with Gasteiger partial charge in [-0.3, -0.25) is 14.4 Å². The second-order valence-electron chi connectivity index (χ2n) is 8.93. The molecule has 188 valence electrons. The van der Waals surface area contributed by atoms with E-state index in [0.29, 0.717) is 5.69 Å². The fourth-order valence-electron chi connectivity index (χ4n) is 4.47. The van der Waals surface area contributed by atoms with Gasteiger partial charge < -0.3 is 15.4 Å². The molecule has 0 bridgehead atoms. The zero-order valence-corrected chi connectivity index (χ0v) is 20.8. The Morgan fingerprint density at radius 3 is 2.36 bits per heavy atom. The highest BCUT2D eigenvalue weighted by molar-refractivity contribution is 6.53. The quantitative estimate of drug-likeness (QED) is 0.328. The minimum atomic E-state index is -0.696. The molecule has 2 N–H and O–H groups in total. The third kappa shape index (κ3) is 5.76. The number of halogens is 1. The molecular weight excluding hydrogens is 482 g/mol. The van der Waals surface area contributed by atoms with Gasteiger partial charge in [0.05, 0.1) is 24.8 Å². The molecule has 2 aromatic carbocycles. The molecule has 36 heavy (non-hydrogen) atoms. The van der Waals surface area contributed by atoms with Crippen molar-refractivity contribution >= 4 is 46.7 Å². The summed E-state index contributed by atoms with van der Waals surface area (Å²) in [5.74, 6) is -1.93. The standard InChI is InChI=1S/C27H28ClN3O5/c1-36-27(35)18-7-6-10-21(16-18)31-25(33)23(28)24(26(31)34)30-20-13-11-17(12-14-20)15-22(32)29-19-8-4-2-3-5-9-19/h6-7,10-14,16,19,30H,2-5,8-9,15H2,1H3,(H,29,32). The van der Waals surface area contributed by atoms with Crippen molar-refractivity contribution in [3.8, 4) is 0 Å². The van der Waals surface area contributed by atoms with Crippen molar-refractivity contribution in [2.45, 2.75) is 51.0 Å². The van der Waals surface area contributed by atoms with Gasteiger partial charge in [0.15, 0.2) is 0 Å². The van der Waals surface area contributed by atoms with E-state index < -0.39 is 17.8 Å². The maximum absolute atomic E-state index is 13.0. The van der Waals surface area contributed by atoms with Gasteiger partial charge >= 0.3 is 5.97 Å². The number of carbonyl (C=O) groups is 4. The summed E-state index contributed by atoms with van der Waals surface area (Å²) < 4.78 is 4.70. The number of carbonyl (C=O) groups excluding carboxylic acids is 4. The number of methoxy groups -OCH3 is 1. The van der Waals surface area contributed by atoms with Gasteiger partial charge in [-0.15, -0.1) is 0 Å². The largest absolute Gasteiger partial charge is 0.465 e. The smallest absolute Gasteiger partial charge is 0.337 e. The number of benzene rings is 2. The van der Waals surface area contributed by atoms with Crippen LogP contribution in [0.25, 0.3) is 0 Å². The fourth-order valence-corrected chi connectivity index (χ4v) is 4.69. The number of hydrogen-bond donors (Lipinski definition) is 2. The summed E-state index contributed by atoms with van der Waals surface area (Å²) in [6, 6.07) is 13.3. The number of nitrogens with zero attached hydrogens (tertiary/aromatic N) is 1. The normalized spacial score (nSPS) is 16.7. The molecule has 1 fully saturated rings. The van der Waals surface area contributed by atoms with Crippen molar-refractivity contribution in [1.82, 2.24) is 5.32 Å². The van der Waals surface area contributed by atoms with E-state index in [-0.39, 0.29) is 40.4 Å². The molecule has 0 aromatic heterocycles. The molecule has 8 nitrogen and oxygen atoms in total. The van der Waals surface area contributed by atoms with Gasteiger partial charge in [-0.1, -0.05) is 55.5 Å². The first-order valence-corrected chi connectivity index (χ1v) is 12.4. The highest BCUT2D eigenvalue weighted by Gasteiger charge is 2.39. The summed E-state index contributed by atoms with van der Waals surface area (Å²) in [6.07, 6.45) is 7.09. The van der Waals surface area contributed by atoms with Crippen LogP contribution in [0.4, 0.5) is 11.4 Å². The average Bonchev–Trinajstić information content (AvgIpc) is 3.05. The van der Waals surface area contributed by atoms with Crippen molar-refractivity contribution in [2.75, 3.05) is 17.3 Å². The molecule has 2 aromatic rings. The SMILES string of the molecule is COC(=O)c1cccc(N2C(=O)C(Cl)=C(Nc3ccc(CC(=O)NC4CCCCCC4)cc3)C2=O)c1. The van der Waals surface area contributed by atoms with Crippen LogP contribution in [0.5, 0.6) is 0 Å². The first kappa shape index (κ1) is 25.4. The summed E-state index contributed by atoms with van der Waals surface area (Å²) in [6.45, 7) is 0. The molecule has 1 aliphatic heterocycles. The lowest BCUT2D eigenvalue weighted by Crippen LogP contribution is -2.35. The summed E-state index contributed by atoms with van der Waals surface area (Å²) in [5.41, 5.74) is 1.72. The Balaban J connectivity index is 1.40. The molecule has 0 saturated heterocycles. The minimum absolute atomic E-state index is 0.00486. The van der Waals surface area contributed by atoms with Crippen LogP contribution < -0.4 is 15.5 Å². The van der Waals surface area contributed by atoms with Crippen LogP contribution in [-0.2, 0) is 25.5 Å². The Morgan fingerprint density at radius 1 is 1.00 bits per heavy atom. The number of rotatable bonds is 7. The average molecular weight is 510 g/mol. The van der Waals surface area contributed by atoms with Gasteiger partial charge in [0.1, 0.15) is 10.7 Å². The molecule has 3 amide bonds. The highest BCUT2D eigenvalue weighted by Crippen LogP contribution is 2.30. The van der Waals surface area contributed by atoms with E-state index in [1.807, 2.05) is 0 Å². The minimum Gasteiger partial charge on any atom is -0.465 e. The number of anilines is 2. The molecule has 1 saturated carbocycles. The lowest BCUT2D eigenvalue weighted by atomic mass is 10.1. The van der Waals surface area contributed by atoms with Gasteiger partial charge in [0.2, 0.25) is 5.91 Å². The van der Waals surface area contributed by atoms with Crippen LogP contribution in [0, 0.1) is 0 Å². The van der Waals surface area contributed by atoms with E-state index in [1.165, 1.54) is 38.2 Å². The van der Waals surface area contributed by atoms with Crippen LogP contribution in [0.2, 0.25) is 0 Å². The Hall–Kier alpha value is -3.65. The van der Waals surface area contributed by atoms with Gasteiger partial charge in [0, 0.05) is 11.7 Å². The van der Waals surface area contributed by atoms with Crippen LogP contribution in [-0.4, -0.2) is 36.8 Å². The van der Waals surface area contributed by atoms with Crippen LogP contribution >= 0.6 is 11.6 Å². The number of hydrogen-bond acceptors (Lipinski definition) is 6. The summed E-state index contributed by atoms with van der Waals surface area (Å²) >= 11 is 6.21. The third-order valence-corrected chi connectivity index (χ3v) is 6.71. The Morgan fingerprint density at radius 2 is 1.69 bits per heavy atom. The van der Waals surface area contributed by atoms with Crippen LogP contribution in [0.3, 0.4) is 0 Å². The van der Waals surface area contributed by atoms with Gasteiger partial charge in [-0.2, -0.15) is 0 Å². The number of nitrogens with one attached hydrogen (secondary N) is 2. The molecule has 2 aliphatic rings. The molecule has 0 radical (unpaired) electrons. The molecule has 0 atom stereocenters. The van der Waals surface area contributed by atoms with Gasteiger partial charge in [-0.05, 0) is 48.7 Å². The Bertz CT molecular complexity index is 1200. The van der Waals surface area contributed by atoms with Crippen LogP contribution in [0.15, 0.2) is 59.3 Å². The summed E-state index contributed by atoms with van der Waals surface area (Å²) in [4.78, 5) is 51.0. The van der Waals surface area contributed by atoms with Gasteiger partial charge in [-0.25, -0.2) is 9.69 Å². The first-order valence-electron chi connectivity index (χ1n) is 12.0. The molecule has 0 unspecified atom stereocenters. The maximum Gasteiger partial charge on any atom is 0.337 e. The second kappa shape index (κ2) is 11.4. The zero-order valence-electron chi connectivity index (χ0n) is 20.0. The van der Waals surface area contributed by atoms with Gasteiger partial charge in [0.25, 0.3) is 11.8 Å². The molecule has 0 spiro atoms. The third-order valence-electron chi connectivity index (χ3n) is 6.36. The summed E-state index contributed by atoms with van der Waals surface area (Å²) in [7, 11) is 1.25. The monoisotopic (exact) mass is 509 g/mol. The van der Waals surface area contributed by atoms with Crippen LogP contribution in [0.1, 0.15) is 54.4 Å².